The van der Waals surface area contributed by atoms with Gasteiger partial charge >= 0.3 is 0 Å². The lowest BCUT2D eigenvalue weighted by Crippen LogP contribution is -2.39. The first-order valence-electron chi connectivity index (χ1n) is 10.0. The molecule has 1 fully saturated rings. The van der Waals surface area contributed by atoms with Crippen LogP contribution >= 0.6 is 23.6 Å². The number of methoxy groups -OCH3 is 1. The van der Waals surface area contributed by atoms with Gasteiger partial charge in [0.1, 0.15) is 11.6 Å². The zero-order valence-electron chi connectivity index (χ0n) is 17.2. The Balaban J connectivity index is 1.31. The van der Waals surface area contributed by atoms with Crippen LogP contribution in [0.1, 0.15) is 12.8 Å². The van der Waals surface area contributed by atoms with Crippen LogP contribution in [0.5, 0.6) is 5.75 Å². The summed E-state index contributed by atoms with van der Waals surface area (Å²) >= 11 is 6.93. The number of carbonyl (C=O) groups is 1. The van der Waals surface area contributed by atoms with Crippen molar-refractivity contribution in [3.05, 3.63) is 52.6 Å². The normalized spacial score (nSPS) is 14.9. The van der Waals surface area contributed by atoms with Crippen molar-refractivity contribution in [1.29, 1.82) is 0 Å². The van der Waals surface area contributed by atoms with E-state index in [1.165, 1.54) is 11.3 Å². The average Bonchev–Trinajstić information content (AvgIpc) is 3.13. The summed E-state index contributed by atoms with van der Waals surface area (Å²) in [4.78, 5) is 18.9. The Hall–Kier alpha value is -2.82. The predicted octanol–water partition coefficient (Wildman–Crippen LogP) is 4.13. The second-order valence-electron chi connectivity index (χ2n) is 7.24. The number of amides is 1. The van der Waals surface area contributed by atoms with E-state index in [2.05, 4.69) is 25.6 Å². The lowest BCUT2D eigenvalue weighted by molar-refractivity contribution is -0.121. The van der Waals surface area contributed by atoms with Gasteiger partial charge in [0, 0.05) is 25.2 Å². The molecule has 4 rings (SSSR count). The summed E-state index contributed by atoms with van der Waals surface area (Å²) in [6.07, 6.45) is 3.26. The molecular weight excluding hydrogens is 432 g/mol. The minimum Gasteiger partial charge on any atom is -0.495 e. The number of para-hydroxylation sites is 2. The van der Waals surface area contributed by atoms with E-state index < -0.39 is 0 Å². The van der Waals surface area contributed by atoms with Crippen molar-refractivity contribution in [2.75, 3.05) is 30.8 Å². The molecule has 2 N–H and O–H groups in total. The molecule has 0 unspecified atom stereocenters. The zero-order chi connectivity index (χ0) is 21.6. The van der Waals surface area contributed by atoms with E-state index in [-0.39, 0.29) is 11.8 Å². The number of pyridine rings is 1. The van der Waals surface area contributed by atoms with Gasteiger partial charge in [-0.2, -0.15) is 0 Å². The second-order valence-corrected chi connectivity index (χ2v) is 8.86. The minimum atomic E-state index is -0.00978. The number of anilines is 3. The fourth-order valence-corrected chi connectivity index (χ4v) is 4.51. The summed E-state index contributed by atoms with van der Waals surface area (Å²) < 4.78 is 7.91. The van der Waals surface area contributed by atoms with Crippen molar-refractivity contribution < 1.29 is 9.53 Å². The van der Waals surface area contributed by atoms with E-state index in [4.69, 9.17) is 17.0 Å². The molecule has 3 heterocycles. The summed E-state index contributed by atoms with van der Waals surface area (Å²) in [6.45, 7) is 2.24. The molecule has 0 bridgehead atoms. The van der Waals surface area contributed by atoms with Gasteiger partial charge in [-0.15, -0.1) is 5.10 Å². The molecule has 1 aliphatic rings. The van der Waals surface area contributed by atoms with Crippen molar-refractivity contribution in [2.24, 2.45) is 5.92 Å². The van der Waals surface area contributed by atoms with Crippen LogP contribution in [-0.2, 0) is 11.5 Å². The van der Waals surface area contributed by atoms with Crippen molar-refractivity contribution in [2.45, 2.75) is 19.5 Å². The van der Waals surface area contributed by atoms with Gasteiger partial charge in [-0.3, -0.25) is 9.69 Å². The summed E-state index contributed by atoms with van der Waals surface area (Å²) in [5.41, 5.74) is 0.848. The second kappa shape index (κ2) is 9.99. The molecule has 8 nitrogen and oxygen atoms in total. The third kappa shape index (κ3) is 5.46. The topological polar surface area (TPSA) is 84.3 Å². The summed E-state index contributed by atoms with van der Waals surface area (Å²) in [5, 5.41) is 11.5. The van der Waals surface area contributed by atoms with Gasteiger partial charge < -0.3 is 15.4 Å². The summed E-state index contributed by atoms with van der Waals surface area (Å²) in [6, 6.07) is 13.2. The standard InChI is InChI=1S/C21H24N6O2S2/c1-29-17-7-3-2-6-16(17)23-20-25-27(21(30)31-20)14-26-12-9-15(10-13-26)19(28)24-18-8-4-5-11-22-18/h2-8,11,15H,9-10,12-14H2,1H3,(H,23,25)(H,22,24,28). The maximum Gasteiger partial charge on any atom is 0.228 e. The van der Waals surface area contributed by atoms with Gasteiger partial charge in [0.15, 0.2) is 3.95 Å². The van der Waals surface area contributed by atoms with E-state index in [1.807, 2.05) is 41.1 Å². The fraction of sp³-hybridized carbons (Fsp3) is 0.333. The molecule has 0 aliphatic carbocycles. The van der Waals surface area contributed by atoms with Crippen molar-refractivity contribution in [3.63, 3.8) is 0 Å². The lowest BCUT2D eigenvalue weighted by atomic mass is 9.96. The number of nitrogens with zero attached hydrogens (tertiary/aromatic N) is 4. The van der Waals surface area contributed by atoms with Gasteiger partial charge in [-0.25, -0.2) is 9.67 Å². The third-order valence-electron chi connectivity index (χ3n) is 5.16. The van der Waals surface area contributed by atoms with Gasteiger partial charge in [0.2, 0.25) is 11.0 Å². The molecule has 1 amide bonds. The first kappa shape index (κ1) is 21.4. The molecule has 0 saturated carbocycles. The Morgan fingerprint density at radius 2 is 2.00 bits per heavy atom. The Bertz CT molecular complexity index is 1080. The van der Waals surface area contributed by atoms with Gasteiger partial charge in [0.25, 0.3) is 0 Å². The lowest BCUT2D eigenvalue weighted by Gasteiger charge is -2.30. The number of nitrogens with one attached hydrogen (secondary N) is 2. The van der Waals surface area contributed by atoms with Crippen LogP contribution in [0.3, 0.4) is 0 Å². The largest absolute Gasteiger partial charge is 0.495 e. The van der Waals surface area contributed by atoms with E-state index in [1.54, 1.807) is 19.4 Å². The first-order valence-corrected chi connectivity index (χ1v) is 11.3. The fourth-order valence-electron chi connectivity index (χ4n) is 3.50. The smallest absolute Gasteiger partial charge is 0.228 e. The molecule has 1 aliphatic heterocycles. The molecule has 0 atom stereocenters. The number of ether oxygens (including phenoxy) is 1. The number of aromatic nitrogens is 3. The molecule has 1 aromatic carbocycles. The molecule has 1 saturated heterocycles. The van der Waals surface area contributed by atoms with Crippen molar-refractivity contribution >= 4 is 46.1 Å². The van der Waals surface area contributed by atoms with Crippen LogP contribution in [0.25, 0.3) is 0 Å². The maximum atomic E-state index is 12.5. The Morgan fingerprint density at radius 3 is 2.74 bits per heavy atom. The van der Waals surface area contributed by atoms with Crippen LogP contribution in [-0.4, -0.2) is 45.8 Å². The Labute approximate surface area is 189 Å². The number of carbonyl (C=O) groups excluding carboxylic acids is 1. The van der Waals surface area contributed by atoms with Crippen LogP contribution in [0.15, 0.2) is 48.7 Å². The minimum absolute atomic E-state index is 0.00978. The van der Waals surface area contributed by atoms with Crippen molar-refractivity contribution in [3.8, 4) is 5.75 Å². The molecule has 2 aromatic heterocycles. The highest BCUT2D eigenvalue weighted by molar-refractivity contribution is 7.73. The summed E-state index contributed by atoms with van der Waals surface area (Å²) in [5.74, 6) is 1.37. The first-order chi connectivity index (χ1) is 15.1. The molecule has 10 heteroatoms. The SMILES string of the molecule is COc1ccccc1Nc1nn(CN2CCC(C(=O)Nc3ccccn3)CC2)c(=S)s1. The van der Waals surface area contributed by atoms with E-state index in [0.29, 0.717) is 16.4 Å². The number of hydrogen-bond donors (Lipinski definition) is 2. The maximum absolute atomic E-state index is 12.5. The van der Waals surface area contributed by atoms with Crippen LogP contribution < -0.4 is 15.4 Å². The highest BCUT2D eigenvalue weighted by atomic mass is 32.1. The molecule has 0 radical (unpaired) electrons. The van der Waals surface area contributed by atoms with Crippen molar-refractivity contribution in [1.82, 2.24) is 19.7 Å². The Kier molecular flexibility index (Phi) is 6.90. The molecule has 31 heavy (non-hydrogen) atoms. The molecule has 162 valence electrons. The third-order valence-corrected chi connectivity index (χ3v) is 6.39. The monoisotopic (exact) mass is 456 g/mol. The predicted molar refractivity (Wildman–Crippen MR) is 124 cm³/mol. The quantitative estimate of drug-likeness (QED) is 0.517. The molecular formula is C21H24N6O2S2. The highest BCUT2D eigenvalue weighted by Crippen LogP contribution is 2.28. The van der Waals surface area contributed by atoms with Gasteiger partial charge in [0.05, 0.1) is 19.5 Å². The number of rotatable bonds is 7. The average molecular weight is 457 g/mol. The zero-order valence-corrected chi connectivity index (χ0v) is 18.8. The van der Waals surface area contributed by atoms with E-state index >= 15 is 0 Å². The van der Waals surface area contributed by atoms with Gasteiger partial charge in [-0.1, -0.05) is 29.5 Å². The number of hydrogen-bond acceptors (Lipinski definition) is 8. The van der Waals surface area contributed by atoms with Crippen LogP contribution in [0, 0.1) is 9.87 Å². The Morgan fingerprint density at radius 1 is 1.23 bits per heavy atom. The van der Waals surface area contributed by atoms with Crippen LogP contribution in [0.4, 0.5) is 16.6 Å². The number of likely N-dealkylation sites (tertiary alicyclic amines) is 1. The van der Waals surface area contributed by atoms with Gasteiger partial charge in [-0.05, 0) is 49.3 Å². The van der Waals surface area contributed by atoms with E-state index in [9.17, 15) is 4.79 Å². The number of benzene rings is 1. The molecule has 3 aromatic rings. The number of piperidine rings is 1. The molecule has 0 spiro atoms. The van der Waals surface area contributed by atoms with Crippen LogP contribution in [0.2, 0.25) is 0 Å². The summed E-state index contributed by atoms with van der Waals surface area (Å²) in [7, 11) is 1.64. The highest BCUT2D eigenvalue weighted by Gasteiger charge is 2.25. The van der Waals surface area contributed by atoms with E-state index in [0.717, 1.165) is 42.5 Å².